The Labute approximate surface area is 187 Å². The quantitative estimate of drug-likeness (QED) is 0.253. The molecule has 3 aromatic carbocycles. The molecule has 31 heavy (non-hydrogen) atoms. The number of alkyl halides is 1. The lowest BCUT2D eigenvalue weighted by molar-refractivity contribution is 0.0977. The Morgan fingerprint density at radius 2 is 1.65 bits per heavy atom. The summed E-state index contributed by atoms with van der Waals surface area (Å²) in [5.41, 5.74) is 0.450. The van der Waals surface area contributed by atoms with Crippen LogP contribution in [0, 0.1) is 0 Å². The van der Waals surface area contributed by atoms with Gasteiger partial charge in [-0.1, -0.05) is 30.3 Å². The number of benzene rings is 3. The Morgan fingerprint density at radius 3 is 2.32 bits per heavy atom. The second-order valence-corrected chi connectivity index (χ2v) is 9.00. The number of rotatable bonds is 10. The van der Waals surface area contributed by atoms with E-state index in [-0.39, 0.29) is 34.1 Å². The van der Waals surface area contributed by atoms with E-state index in [0.717, 1.165) is 10.8 Å². The average molecular weight is 462 g/mol. The normalized spacial score (nSPS) is 11.3. The molecule has 0 saturated heterocycles. The first-order chi connectivity index (χ1) is 14.9. The van der Waals surface area contributed by atoms with Crippen molar-refractivity contribution in [1.29, 1.82) is 0 Å². The van der Waals surface area contributed by atoms with Gasteiger partial charge in [-0.2, -0.15) is 0 Å². The van der Waals surface area contributed by atoms with Gasteiger partial charge in [-0.05, 0) is 41.8 Å². The second-order valence-electron chi connectivity index (χ2n) is 6.94. The molecule has 164 valence electrons. The van der Waals surface area contributed by atoms with E-state index < -0.39 is 10.0 Å². The lowest BCUT2D eigenvalue weighted by atomic mass is 10.0. The minimum absolute atomic E-state index is 0.110. The molecule has 0 aliphatic heterocycles. The smallest absolute Gasteiger partial charge is 0.262 e. The molecular weight excluding hydrogens is 438 g/mol. The molecule has 0 spiro atoms. The summed E-state index contributed by atoms with van der Waals surface area (Å²) in [7, 11) is -1.05. The lowest BCUT2D eigenvalue weighted by Crippen LogP contribution is -2.14. The molecule has 0 saturated carbocycles. The Kier molecular flexibility index (Phi) is 7.41. The van der Waals surface area contributed by atoms with Crippen molar-refractivity contribution in [3.8, 4) is 11.5 Å². The highest BCUT2D eigenvalue weighted by molar-refractivity contribution is 7.92. The summed E-state index contributed by atoms with van der Waals surface area (Å²) < 4.78 is 39.3. The van der Waals surface area contributed by atoms with Crippen LogP contribution < -0.4 is 14.2 Å². The third-order valence-electron chi connectivity index (χ3n) is 4.89. The van der Waals surface area contributed by atoms with Crippen LogP contribution in [-0.4, -0.2) is 34.3 Å². The molecule has 0 bridgehead atoms. The van der Waals surface area contributed by atoms with Gasteiger partial charge in [0, 0.05) is 18.4 Å². The van der Waals surface area contributed by atoms with Gasteiger partial charge in [-0.25, -0.2) is 8.42 Å². The Balaban J connectivity index is 1.97. The summed E-state index contributed by atoms with van der Waals surface area (Å²) >= 11 is 5.69. The molecule has 3 rings (SSSR count). The van der Waals surface area contributed by atoms with Crippen molar-refractivity contribution in [2.75, 3.05) is 24.8 Å². The molecule has 0 atom stereocenters. The Hall–Kier alpha value is -2.77. The number of nitrogens with one attached hydrogen (secondary N) is 1. The van der Waals surface area contributed by atoms with Crippen LogP contribution in [0.2, 0.25) is 0 Å². The van der Waals surface area contributed by atoms with Crippen molar-refractivity contribution >= 4 is 43.9 Å². The Morgan fingerprint density at radius 1 is 0.935 bits per heavy atom. The van der Waals surface area contributed by atoms with Crippen LogP contribution in [0.25, 0.3) is 10.8 Å². The van der Waals surface area contributed by atoms with Gasteiger partial charge in [0.2, 0.25) is 0 Å². The fourth-order valence-electron chi connectivity index (χ4n) is 3.25. The van der Waals surface area contributed by atoms with Crippen LogP contribution >= 0.6 is 11.6 Å². The van der Waals surface area contributed by atoms with E-state index in [1.54, 1.807) is 18.2 Å². The number of carbonyl (C=O) groups is 1. The molecule has 1 N–H and O–H groups in total. The third kappa shape index (κ3) is 5.29. The van der Waals surface area contributed by atoms with E-state index in [1.807, 2.05) is 24.3 Å². The van der Waals surface area contributed by atoms with Crippen LogP contribution in [0.3, 0.4) is 0 Å². The molecule has 6 nitrogen and oxygen atoms in total. The number of ether oxygens (including phenoxy) is 2. The predicted molar refractivity (Wildman–Crippen MR) is 123 cm³/mol. The van der Waals surface area contributed by atoms with Crippen LogP contribution in [0.4, 0.5) is 5.69 Å². The molecule has 0 aliphatic carbocycles. The van der Waals surface area contributed by atoms with Gasteiger partial charge < -0.3 is 9.47 Å². The number of hydrogen-bond donors (Lipinski definition) is 1. The number of ketones is 1. The molecule has 0 aliphatic rings. The maximum Gasteiger partial charge on any atom is 0.262 e. The van der Waals surface area contributed by atoms with Crippen LogP contribution in [-0.2, 0) is 10.0 Å². The van der Waals surface area contributed by atoms with Gasteiger partial charge >= 0.3 is 0 Å². The van der Waals surface area contributed by atoms with E-state index in [9.17, 15) is 13.2 Å². The first kappa shape index (κ1) is 22.9. The topological polar surface area (TPSA) is 81.7 Å². The molecule has 0 aromatic heterocycles. The second kappa shape index (κ2) is 10.0. The van der Waals surface area contributed by atoms with Crippen molar-refractivity contribution in [1.82, 2.24) is 0 Å². The summed E-state index contributed by atoms with van der Waals surface area (Å²) in [4.78, 5) is 12.8. The largest absolute Gasteiger partial charge is 0.496 e. The summed E-state index contributed by atoms with van der Waals surface area (Å²) in [6, 6.07) is 15.4. The first-order valence-electron chi connectivity index (χ1n) is 9.76. The number of Topliss-reactive ketones (excluding diaryl/α,β-unsaturated/α-hetero) is 1. The maximum absolute atomic E-state index is 13.1. The predicted octanol–water partition coefficient (Wildman–Crippen LogP) is 5.25. The molecule has 0 radical (unpaired) electrons. The molecular formula is C23H24ClNO5S. The van der Waals surface area contributed by atoms with Gasteiger partial charge in [0.1, 0.15) is 11.5 Å². The molecule has 0 fully saturated rings. The number of sulfonamides is 1. The van der Waals surface area contributed by atoms with E-state index in [2.05, 4.69) is 4.72 Å². The van der Waals surface area contributed by atoms with E-state index >= 15 is 0 Å². The van der Waals surface area contributed by atoms with Gasteiger partial charge in [0.25, 0.3) is 10.0 Å². The number of hydrogen-bond acceptors (Lipinski definition) is 5. The minimum Gasteiger partial charge on any atom is -0.496 e. The van der Waals surface area contributed by atoms with Crippen molar-refractivity contribution in [3.05, 3.63) is 60.2 Å². The van der Waals surface area contributed by atoms with Gasteiger partial charge in [-0.15, -0.1) is 11.6 Å². The summed E-state index contributed by atoms with van der Waals surface area (Å²) in [5, 5.41) is 1.75. The highest BCUT2D eigenvalue weighted by Crippen LogP contribution is 2.35. The number of methoxy groups -OCH3 is 2. The number of halogens is 1. The minimum atomic E-state index is -3.92. The monoisotopic (exact) mass is 461 g/mol. The van der Waals surface area contributed by atoms with Crippen molar-refractivity contribution in [2.24, 2.45) is 0 Å². The SMILES string of the molecule is COc1cc(OC)c(C(=O)CCCCCl)cc1NS(=O)(=O)c1ccc2ccccc2c1. The van der Waals surface area contributed by atoms with Crippen molar-refractivity contribution < 1.29 is 22.7 Å². The zero-order valence-corrected chi connectivity index (χ0v) is 18.9. The van der Waals surface area contributed by atoms with Gasteiger partial charge in [-0.3, -0.25) is 9.52 Å². The Bertz CT molecular complexity index is 1190. The maximum atomic E-state index is 13.1. The molecule has 3 aromatic rings. The lowest BCUT2D eigenvalue weighted by Gasteiger charge is -2.16. The average Bonchev–Trinajstić information content (AvgIpc) is 2.78. The van der Waals surface area contributed by atoms with E-state index in [4.69, 9.17) is 21.1 Å². The van der Waals surface area contributed by atoms with Crippen LogP contribution in [0.5, 0.6) is 11.5 Å². The third-order valence-corrected chi connectivity index (χ3v) is 6.52. The van der Waals surface area contributed by atoms with Crippen molar-refractivity contribution in [2.45, 2.75) is 24.2 Å². The molecule has 0 unspecified atom stereocenters. The highest BCUT2D eigenvalue weighted by Gasteiger charge is 2.21. The summed E-state index contributed by atoms with van der Waals surface area (Å²) in [5.74, 6) is 0.889. The first-order valence-corrected chi connectivity index (χ1v) is 11.8. The summed E-state index contributed by atoms with van der Waals surface area (Å²) in [6.07, 6.45) is 1.63. The number of unbranched alkanes of at least 4 members (excludes halogenated alkanes) is 1. The number of fused-ring (bicyclic) bond motifs is 1. The highest BCUT2D eigenvalue weighted by atomic mass is 35.5. The molecule has 8 heteroatoms. The van der Waals surface area contributed by atoms with Crippen molar-refractivity contribution in [3.63, 3.8) is 0 Å². The van der Waals surface area contributed by atoms with Gasteiger partial charge in [0.05, 0.1) is 30.4 Å². The standard InChI is InChI=1S/C23H24ClNO5S/c1-29-22-15-23(30-2)20(14-19(22)21(26)9-5-6-12-24)25-31(27,28)18-11-10-16-7-3-4-8-17(16)13-18/h3-4,7-8,10-11,13-15,25H,5-6,9,12H2,1-2H3. The zero-order chi connectivity index (χ0) is 22.4. The van der Waals surface area contributed by atoms with E-state index in [1.165, 1.54) is 26.4 Å². The number of anilines is 1. The van der Waals surface area contributed by atoms with E-state index in [0.29, 0.717) is 24.5 Å². The van der Waals surface area contributed by atoms with Gasteiger partial charge in [0.15, 0.2) is 5.78 Å². The van der Waals surface area contributed by atoms with Crippen LogP contribution in [0.15, 0.2) is 59.5 Å². The zero-order valence-electron chi connectivity index (χ0n) is 17.4. The van der Waals surface area contributed by atoms with Crippen LogP contribution in [0.1, 0.15) is 29.6 Å². The number of carbonyl (C=O) groups excluding carboxylic acids is 1. The fourth-order valence-corrected chi connectivity index (χ4v) is 4.53. The molecule has 0 heterocycles. The molecule has 0 amide bonds. The fraction of sp³-hybridized carbons (Fsp3) is 0.261. The summed E-state index contributed by atoms with van der Waals surface area (Å²) in [6.45, 7) is 0.